The smallest absolute Gasteiger partial charge is 0.410 e. The summed E-state index contributed by atoms with van der Waals surface area (Å²) in [6.45, 7) is 3.14. The van der Waals surface area contributed by atoms with Crippen molar-refractivity contribution in [2.24, 2.45) is 0 Å². The Balaban J connectivity index is 2.08. The molecule has 1 aliphatic rings. The van der Waals surface area contributed by atoms with E-state index >= 15 is 0 Å². The summed E-state index contributed by atoms with van der Waals surface area (Å²) in [6.07, 6.45) is 0.340. The Hall–Kier alpha value is -1.72. The van der Waals surface area contributed by atoms with Gasteiger partial charge in [-0.25, -0.2) is 4.79 Å². The highest BCUT2D eigenvalue weighted by Crippen LogP contribution is 2.20. The maximum Gasteiger partial charge on any atom is 0.410 e. The minimum Gasteiger partial charge on any atom is -0.450 e. The second kappa shape index (κ2) is 3.80. The number of carbonyl (C=O) groups excluding carboxylic acids is 1. The van der Waals surface area contributed by atoms with E-state index in [0.717, 1.165) is 5.69 Å². The second-order valence-corrected chi connectivity index (χ2v) is 3.29. The molecule has 0 saturated carbocycles. The number of amides is 1. The Morgan fingerprint density at radius 2 is 2.53 bits per heavy atom. The van der Waals surface area contributed by atoms with Crippen LogP contribution in [0.15, 0.2) is 4.42 Å². The number of nitrogens with two attached hydrogens (primary N) is 1. The molecule has 2 heterocycles. The Labute approximate surface area is 87.0 Å². The van der Waals surface area contributed by atoms with Crippen LogP contribution in [0.3, 0.4) is 0 Å². The molecule has 0 radical (unpaired) electrons. The number of nitrogen functional groups attached to an aromatic ring is 1. The number of oxazole rings is 1. The van der Waals surface area contributed by atoms with E-state index in [1.165, 1.54) is 0 Å². The molecular weight excluding hydrogens is 198 g/mol. The molecule has 15 heavy (non-hydrogen) atoms. The summed E-state index contributed by atoms with van der Waals surface area (Å²) in [7, 11) is 0. The number of aromatic nitrogens is 1. The lowest BCUT2D eigenvalue weighted by atomic mass is 10.2. The molecule has 0 spiro atoms. The topological polar surface area (TPSA) is 81.6 Å². The lowest BCUT2D eigenvalue weighted by Crippen LogP contribution is -2.36. The van der Waals surface area contributed by atoms with Gasteiger partial charge in [0.1, 0.15) is 5.76 Å². The molecule has 6 heteroatoms. The van der Waals surface area contributed by atoms with Gasteiger partial charge >= 0.3 is 6.09 Å². The molecule has 0 saturated heterocycles. The molecule has 1 aromatic rings. The van der Waals surface area contributed by atoms with Crippen molar-refractivity contribution < 1.29 is 13.9 Å². The third kappa shape index (κ3) is 1.88. The molecule has 2 rings (SSSR count). The van der Waals surface area contributed by atoms with E-state index in [1.54, 1.807) is 11.8 Å². The Kier molecular flexibility index (Phi) is 2.49. The maximum atomic E-state index is 11.4. The molecule has 1 aliphatic heterocycles. The van der Waals surface area contributed by atoms with Crippen LogP contribution in [0.4, 0.5) is 10.8 Å². The largest absolute Gasteiger partial charge is 0.450 e. The average Bonchev–Trinajstić information content (AvgIpc) is 2.57. The zero-order valence-corrected chi connectivity index (χ0v) is 8.52. The first-order chi connectivity index (χ1) is 7.20. The SMILES string of the molecule is CCOC(=O)N1CCc2nc(N)oc2C1. The maximum absolute atomic E-state index is 11.4. The van der Waals surface area contributed by atoms with E-state index in [0.29, 0.717) is 31.9 Å². The van der Waals surface area contributed by atoms with E-state index in [2.05, 4.69) is 4.98 Å². The van der Waals surface area contributed by atoms with Gasteiger partial charge in [-0.2, -0.15) is 4.98 Å². The van der Waals surface area contributed by atoms with E-state index in [9.17, 15) is 4.79 Å². The minimum absolute atomic E-state index is 0.158. The first-order valence-electron chi connectivity index (χ1n) is 4.86. The van der Waals surface area contributed by atoms with Gasteiger partial charge in [-0.1, -0.05) is 0 Å². The lowest BCUT2D eigenvalue weighted by Gasteiger charge is -2.24. The summed E-state index contributed by atoms with van der Waals surface area (Å²) < 4.78 is 10.1. The van der Waals surface area contributed by atoms with Gasteiger partial charge in [-0.15, -0.1) is 0 Å². The van der Waals surface area contributed by atoms with E-state index < -0.39 is 0 Å². The van der Waals surface area contributed by atoms with Gasteiger partial charge in [0.2, 0.25) is 0 Å². The van der Waals surface area contributed by atoms with E-state index in [4.69, 9.17) is 14.9 Å². The van der Waals surface area contributed by atoms with Crippen molar-refractivity contribution in [3.8, 4) is 0 Å². The van der Waals surface area contributed by atoms with Gasteiger partial charge in [0, 0.05) is 13.0 Å². The number of nitrogens with zero attached hydrogens (tertiary/aromatic N) is 2. The normalized spacial score (nSPS) is 14.9. The first kappa shape index (κ1) is 9.82. The van der Waals surface area contributed by atoms with Gasteiger partial charge in [0.05, 0.1) is 18.8 Å². The highest BCUT2D eigenvalue weighted by Gasteiger charge is 2.25. The van der Waals surface area contributed by atoms with Crippen molar-refractivity contribution in [2.75, 3.05) is 18.9 Å². The van der Waals surface area contributed by atoms with Crippen molar-refractivity contribution in [1.82, 2.24) is 9.88 Å². The van der Waals surface area contributed by atoms with Gasteiger partial charge < -0.3 is 19.8 Å². The summed E-state index contributed by atoms with van der Waals surface area (Å²) in [5.41, 5.74) is 6.27. The van der Waals surface area contributed by atoms with Crippen LogP contribution in [0.25, 0.3) is 0 Å². The standard InChI is InChI=1S/C9H13N3O3/c1-2-14-9(13)12-4-3-6-7(5-12)15-8(10)11-6/h2-5H2,1H3,(H2,10,11). The second-order valence-electron chi connectivity index (χ2n) is 3.29. The van der Waals surface area contributed by atoms with Crippen molar-refractivity contribution in [3.63, 3.8) is 0 Å². The Morgan fingerprint density at radius 3 is 3.27 bits per heavy atom. The minimum atomic E-state index is -0.321. The summed E-state index contributed by atoms with van der Waals surface area (Å²) in [5.74, 6) is 0.659. The first-order valence-corrected chi connectivity index (χ1v) is 4.86. The van der Waals surface area contributed by atoms with Gasteiger partial charge in [-0.05, 0) is 6.92 Å². The van der Waals surface area contributed by atoms with Crippen molar-refractivity contribution in [2.45, 2.75) is 19.9 Å². The molecule has 0 aromatic carbocycles. The number of fused-ring (bicyclic) bond motifs is 1. The highest BCUT2D eigenvalue weighted by atomic mass is 16.6. The van der Waals surface area contributed by atoms with Crippen LogP contribution in [-0.2, 0) is 17.7 Å². The Bertz CT molecular complexity index is 375. The number of anilines is 1. The van der Waals surface area contributed by atoms with Crippen LogP contribution >= 0.6 is 0 Å². The molecule has 1 aromatic heterocycles. The summed E-state index contributed by atoms with van der Waals surface area (Å²) in [4.78, 5) is 17.0. The highest BCUT2D eigenvalue weighted by molar-refractivity contribution is 5.67. The van der Waals surface area contributed by atoms with E-state index in [-0.39, 0.29) is 12.1 Å². The summed E-state index contributed by atoms with van der Waals surface area (Å²) >= 11 is 0. The van der Waals surface area contributed by atoms with Crippen LogP contribution in [0, 0.1) is 0 Å². The molecule has 0 unspecified atom stereocenters. The van der Waals surface area contributed by atoms with Crippen LogP contribution in [0.5, 0.6) is 0 Å². The predicted molar refractivity (Wildman–Crippen MR) is 52.1 cm³/mol. The van der Waals surface area contributed by atoms with Crippen LogP contribution in [0.2, 0.25) is 0 Å². The quantitative estimate of drug-likeness (QED) is 0.742. The molecule has 0 bridgehead atoms. The molecule has 0 aliphatic carbocycles. The third-order valence-corrected chi connectivity index (χ3v) is 2.27. The molecule has 0 fully saturated rings. The lowest BCUT2D eigenvalue weighted by molar-refractivity contribution is 0.0991. The van der Waals surface area contributed by atoms with Crippen molar-refractivity contribution in [1.29, 1.82) is 0 Å². The number of carbonyl (C=O) groups is 1. The number of hydrogen-bond donors (Lipinski definition) is 1. The van der Waals surface area contributed by atoms with Crippen molar-refractivity contribution >= 4 is 12.1 Å². The van der Waals surface area contributed by atoms with Crippen LogP contribution < -0.4 is 5.73 Å². The predicted octanol–water partition coefficient (Wildman–Crippen LogP) is 0.771. The zero-order valence-electron chi connectivity index (χ0n) is 8.52. The summed E-state index contributed by atoms with van der Waals surface area (Å²) in [6, 6.07) is 0.158. The van der Waals surface area contributed by atoms with E-state index in [1.807, 2.05) is 0 Å². The molecule has 82 valence electrons. The average molecular weight is 211 g/mol. The number of hydrogen-bond acceptors (Lipinski definition) is 5. The molecule has 0 atom stereocenters. The monoisotopic (exact) mass is 211 g/mol. The van der Waals surface area contributed by atoms with Crippen molar-refractivity contribution in [3.05, 3.63) is 11.5 Å². The van der Waals surface area contributed by atoms with Gasteiger partial charge in [-0.3, -0.25) is 0 Å². The van der Waals surface area contributed by atoms with Gasteiger partial charge in [0.15, 0.2) is 0 Å². The summed E-state index contributed by atoms with van der Waals surface area (Å²) in [5, 5.41) is 0. The van der Waals surface area contributed by atoms with Crippen LogP contribution in [-0.4, -0.2) is 29.1 Å². The fourth-order valence-electron chi connectivity index (χ4n) is 1.59. The third-order valence-electron chi connectivity index (χ3n) is 2.27. The van der Waals surface area contributed by atoms with Crippen LogP contribution in [0.1, 0.15) is 18.4 Å². The van der Waals surface area contributed by atoms with Gasteiger partial charge in [0.25, 0.3) is 6.01 Å². The Morgan fingerprint density at radius 1 is 1.73 bits per heavy atom. The molecule has 2 N–H and O–H groups in total. The number of rotatable bonds is 1. The molecule has 1 amide bonds. The zero-order chi connectivity index (χ0) is 10.8. The fourth-order valence-corrected chi connectivity index (χ4v) is 1.59. The number of ether oxygens (including phenoxy) is 1. The molecule has 6 nitrogen and oxygen atoms in total. The fraction of sp³-hybridized carbons (Fsp3) is 0.556. The molecular formula is C9H13N3O3.